The molecule has 0 aliphatic carbocycles. The van der Waals surface area contributed by atoms with Crippen LogP contribution in [0.2, 0.25) is 0 Å². The van der Waals surface area contributed by atoms with E-state index in [9.17, 15) is 9.59 Å². The number of hydrazone groups is 1. The van der Waals surface area contributed by atoms with Gasteiger partial charge in [0, 0.05) is 5.69 Å². The summed E-state index contributed by atoms with van der Waals surface area (Å²) in [5, 5.41) is 6.43. The van der Waals surface area contributed by atoms with E-state index < -0.39 is 11.8 Å². The van der Waals surface area contributed by atoms with Gasteiger partial charge in [0.05, 0.1) is 6.21 Å². The Morgan fingerprint density at radius 2 is 1.55 bits per heavy atom. The van der Waals surface area contributed by atoms with Crippen LogP contribution in [0.15, 0.2) is 71.8 Å². The highest BCUT2D eigenvalue weighted by Gasteiger charge is 2.13. The number of aryl methyl sites for hydroxylation is 3. The van der Waals surface area contributed by atoms with Gasteiger partial charge in [-0.25, -0.2) is 5.43 Å². The van der Waals surface area contributed by atoms with Crippen molar-refractivity contribution >= 4 is 23.7 Å². The number of anilines is 1. The lowest BCUT2D eigenvalue weighted by Crippen LogP contribution is -2.32. The van der Waals surface area contributed by atoms with Crippen molar-refractivity contribution in [1.82, 2.24) is 5.43 Å². The Morgan fingerprint density at radius 3 is 2.23 bits per heavy atom. The van der Waals surface area contributed by atoms with E-state index in [0.29, 0.717) is 12.3 Å². The maximum atomic E-state index is 12.0. The molecule has 6 heteroatoms. The number of carbonyl (C=O) groups excluding carboxylic acids is 2. The second-order valence-electron chi connectivity index (χ2n) is 7.31. The number of hydrogen-bond acceptors (Lipinski definition) is 4. The first-order valence-electron chi connectivity index (χ1n) is 9.91. The van der Waals surface area contributed by atoms with Crippen LogP contribution >= 0.6 is 0 Å². The fourth-order valence-electron chi connectivity index (χ4n) is 2.85. The Labute approximate surface area is 182 Å². The molecule has 3 aromatic carbocycles. The molecule has 0 unspecified atom stereocenters. The number of carbonyl (C=O) groups is 2. The van der Waals surface area contributed by atoms with Crippen LogP contribution in [0.5, 0.6) is 5.75 Å². The minimum atomic E-state index is -0.839. The normalized spacial score (nSPS) is 10.7. The summed E-state index contributed by atoms with van der Waals surface area (Å²) in [7, 11) is 0. The molecule has 3 aromatic rings. The van der Waals surface area contributed by atoms with Gasteiger partial charge in [-0.05, 0) is 67.8 Å². The van der Waals surface area contributed by atoms with E-state index in [1.54, 1.807) is 6.07 Å². The lowest BCUT2D eigenvalue weighted by atomic mass is 10.1. The zero-order valence-corrected chi connectivity index (χ0v) is 17.8. The molecule has 3 rings (SSSR count). The van der Waals surface area contributed by atoms with Gasteiger partial charge in [-0.3, -0.25) is 9.59 Å². The van der Waals surface area contributed by atoms with Gasteiger partial charge in [-0.1, -0.05) is 47.5 Å². The molecule has 2 N–H and O–H groups in total. The molecular weight excluding hydrogens is 390 g/mol. The van der Waals surface area contributed by atoms with Gasteiger partial charge in [-0.2, -0.15) is 5.10 Å². The summed E-state index contributed by atoms with van der Waals surface area (Å²) in [6.07, 6.45) is 1.46. The highest BCUT2D eigenvalue weighted by molar-refractivity contribution is 6.39. The molecule has 158 valence electrons. The molecule has 0 saturated carbocycles. The molecule has 0 fully saturated rings. The minimum Gasteiger partial charge on any atom is -0.489 e. The monoisotopic (exact) mass is 415 g/mol. The van der Waals surface area contributed by atoms with E-state index in [1.807, 2.05) is 69.3 Å². The van der Waals surface area contributed by atoms with Crippen molar-refractivity contribution in [2.24, 2.45) is 5.10 Å². The van der Waals surface area contributed by atoms with Crippen molar-refractivity contribution in [3.8, 4) is 5.75 Å². The smallest absolute Gasteiger partial charge is 0.329 e. The van der Waals surface area contributed by atoms with Crippen LogP contribution in [0, 0.1) is 20.8 Å². The fraction of sp³-hybridized carbons (Fsp3) is 0.160. The third-order valence-corrected chi connectivity index (χ3v) is 4.62. The van der Waals surface area contributed by atoms with E-state index >= 15 is 0 Å². The molecule has 0 aliphatic heterocycles. The minimum absolute atomic E-state index is 0.485. The SMILES string of the molecule is Cc1ccc(COc2ccc(C=NNC(=O)C(=O)Nc3ccc(C)cc3C)cc2)cc1. The average molecular weight is 415 g/mol. The van der Waals surface area contributed by atoms with Crippen molar-refractivity contribution < 1.29 is 14.3 Å². The van der Waals surface area contributed by atoms with E-state index in [-0.39, 0.29) is 0 Å². The van der Waals surface area contributed by atoms with E-state index in [1.165, 1.54) is 11.8 Å². The largest absolute Gasteiger partial charge is 0.489 e. The molecule has 0 aromatic heterocycles. The van der Waals surface area contributed by atoms with Crippen LogP contribution < -0.4 is 15.5 Å². The zero-order valence-electron chi connectivity index (χ0n) is 17.8. The first kappa shape index (κ1) is 21.8. The fourth-order valence-corrected chi connectivity index (χ4v) is 2.85. The van der Waals surface area contributed by atoms with Crippen molar-refractivity contribution in [3.63, 3.8) is 0 Å². The van der Waals surface area contributed by atoms with Gasteiger partial charge < -0.3 is 10.1 Å². The first-order chi connectivity index (χ1) is 14.9. The summed E-state index contributed by atoms with van der Waals surface area (Å²) < 4.78 is 5.77. The summed E-state index contributed by atoms with van der Waals surface area (Å²) in [6, 6.07) is 21.0. The summed E-state index contributed by atoms with van der Waals surface area (Å²) in [5.41, 5.74) is 7.86. The van der Waals surface area contributed by atoms with Gasteiger partial charge in [0.25, 0.3) is 0 Å². The molecule has 0 spiro atoms. The maximum Gasteiger partial charge on any atom is 0.329 e. The van der Waals surface area contributed by atoms with E-state index in [2.05, 4.69) is 28.0 Å². The predicted octanol–water partition coefficient (Wildman–Crippen LogP) is 4.28. The van der Waals surface area contributed by atoms with E-state index in [4.69, 9.17) is 4.74 Å². The molecule has 0 saturated heterocycles. The average Bonchev–Trinajstić information content (AvgIpc) is 2.76. The Bertz CT molecular complexity index is 1090. The number of nitrogens with zero attached hydrogens (tertiary/aromatic N) is 1. The molecule has 0 atom stereocenters. The predicted molar refractivity (Wildman–Crippen MR) is 122 cm³/mol. The number of nitrogens with one attached hydrogen (secondary N) is 2. The summed E-state index contributed by atoms with van der Waals surface area (Å²) in [4.78, 5) is 24.0. The third-order valence-electron chi connectivity index (χ3n) is 4.62. The van der Waals surface area contributed by atoms with Gasteiger partial charge >= 0.3 is 11.8 Å². The second kappa shape index (κ2) is 10.2. The van der Waals surface area contributed by atoms with Crippen LogP contribution in [0.4, 0.5) is 5.69 Å². The summed E-state index contributed by atoms with van der Waals surface area (Å²) >= 11 is 0. The zero-order chi connectivity index (χ0) is 22.2. The second-order valence-corrected chi connectivity index (χ2v) is 7.31. The van der Waals surface area contributed by atoms with Crippen molar-refractivity contribution in [2.45, 2.75) is 27.4 Å². The number of ether oxygens (including phenoxy) is 1. The van der Waals surface area contributed by atoms with Gasteiger partial charge in [0.1, 0.15) is 12.4 Å². The van der Waals surface area contributed by atoms with Crippen LogP contribution in [-0.2, 0) is 16.2 Å². The Kier molecular flexibility index (Phi) is 7.17. The molecule has 0 heterocycles. The molecule has 2 amide bonds. The molecule has 0 radical (unpaired) electrons. The topological polar surface area (TPSA) is 79.8 Å². The quantitative estimate of drug-likeness (QED) is 0.358. The van der Waals surface area contributed by atoms with Crippen molar-refractivity contribution in [3.05, 3.63) is 94.5 Å². The highest BCUT2D eigenvalue weighted by Crippen LogP contribution is 2.16. The van der Waals surface area contributed by atoms with Gasteiger partial charge in [0.15, 0.2) is 0 Å². The van der Waals surface area contributed by atoms with Gasteiger partial charge in [0.2, 0.25) is 0 Å². The number of benzene rings is 3. The van der Waals surface area contributed by atoms with Crippen molar-refractivity contribution in [1.29, 1.82) is 0 Å². The van der Waals surface area contributed by atoms with Crippen LogP contribution in [0.25, 0.3) is 0 Å². The molecule has 6 nitrogen and oxygen atoms in total. The maximum absolute atomic E-state index is 12.0. The van der Waals surface area contributed by atoms with E-state index in [0.717, 1.165) is 28.0 Å². The lowest BCUT2D eigenvalue weighted by molar-refractivity contribution is -0.136. The Hall–Kier alpha value is -3.93. The van der Waals surface area contributed by atoms with Crippen LogP contribution in [0.1, 0.15) is 27.8 Å². The standard InChI is InChI=1S/C25H25N3O3/c1-17-4-7-21(8-5-17)16-31-22-11-9-20(10-12-22)15-26-28-25(30)24(29)27-23-13-6-18(2)14-19(23)3/h4-15H,16H2,1-3H3,(H,27,29)(H,28,30). The molecular formula is C25H25N3O3. The van der Waals surface area contributed by atoms with Crippen molar-refractivity contribution in [2.75, 3.05) is 5.32 Å². The summed E-state index contributed by atoms with van der Waals surface area (Å²) in [5.74, 6) is -0.882. The number of hydrogen-bond donors (Lipinski definition) is 2. The molecule has 0 aliphatic rings. The van der Waals surface area contributed by atoms with Gasteiger partial charge in [-0.15, -0.1) is 0 Å². The molecule has 31 heavy (non-hydrogen) atoms. The number of rotatable bonds is 6. The number of amides is 2. The highest BCUT2D eigenvalue weighted by atomic mass is 16.5. The van der Waals surface area contributed by atoms with Crippen LogP contribution in [0.3, 0.4) is 0 Å². The Balaban J connectivity index is 1.48. The Morgan fingerprint density at radius 1 is 0.871 bits per heavy atom. The third kappa shape index (κ3) is 6.54. The molecule has 0 bridgehead atoms. The lowest BCUT2D eigenvalue weighted by Gasteiger charge is -2.08. The first-order valence-corrected chi connectivity index (χ1v) is 9.91. The summed E-state index contributed by atoms with van der Waals surface area (Å²) in [6.45, 7) is 6.36. The van der Waals surface area contributed by atoms with Crippen LogP contribution in [-0.4, -0.2) is 18.0 Å².